The molecule has 0 aromatic heterocycles. The molecule has 3 rings (SSSR count). The van der Waals surface area contributed by atoms with Crippen molar-refractivity contribution >= 4 is 17.9 Å². The van der Waals surface area contributed by atoms with E-state index in [1.807, 2.05) is 48.5 Å². The van der Waals surface area contributed by atoms with Gasteiger partial charge in [-0.2, -0.15) is 0 Å². The van der Waals surface area contributed by atoms with E-state index in [-0.39, 0.29) is 0 Å². The lowest BCUT2D eigenvalue weighted by molar-refractivity contribution is -0.234. The largest absolute Gasteiger partial charge is 0.349 e. The SMILES string of the molecule is COC1(Cc2ccc(Cl)cc2)OC(C=O)c2ccccc21. The molecule has 0 aliphatic carbocycles. The highest BCUT2D eigenvalue weighted by atomic mass is 35.5. The maximum atomic E-state index is 11.3. The Morgan fingerprint density at radius 3 is 2.62 bits per heavy atom. The number of ether oxygens (including phenoxy) is 2. The Labute approximate surface area is 128 Å². The van der Waals surface area contributed by atoms with Crippen molar-refractivity contribution in [3.05, 3.63) is 70.2 Å². The number of carbonyl (C=O) groups is 1. The molecular weight excluding hydrogens is 288 g/mol. The predicted molar refractivity (Wildman–Crippen MR) is 80.2 cm³/mol. The van der Waals surface area contributed by atoms with E-state index in [4.69, 9.17) is 21.1 Å². The summed E-state index contributed by atoms with van der Waals surface area (Å²) in [4.78, 5) is 11.3. The molecule has 0 saturated heterocycles. The van der Waals surface area contributed by atoms with Crippen molar-refractivity contribution in [1.82, 2.24) is 0 Å². The van der Waals surface area contributed by atoms with E-state index in [1.165, 1.54) is 0 Å². The topological polar surface area (TPSA) is 35.5 Å². The summed E-state index contributed by atoms with van der Waals surface area (Å²) in [5, 5.41) is 0.684. The van der Waals surface area contributed by atoms with Gasteiger partial charge in [0.1, 0.15) is 6.10 Å². The molecule has 0 bridgehead atoms. The van der Waals surface area contributed by atoms with Gasteiger partial charge in [-0.3, -0.25) is 0 Å². The van der Waals surface area contributed by atoms with Crippen LogP contribution >= 0.6 is 11.6 Å². The minimum atomic E-state index is -0.935. The van der Waals surface area contributed by atoms with Crippen molar-refractivity contribution in [2.75, 3.05) is 7.11 Å². The van der Waals surface area contributed by atoms with Crippen LogP contribution in [0.3, 0.4) is 0 Å². The molecular formula is C17H15ClO3. The van der Waals surface area contributed by atoms with E-state index >= 15 is 0 Å². The van der Waals surface area contributed by atoms with Crippen molar-refractivity contribution in [2.45, 2.75) is 18.3 Å². The molecule has 1 heterocycles. The third kappa shape index (κ3) is 2.48. The van der Waals surface area contributed by atoms with Gasteiger partial charge in [0, 0.05) is 24.1 Å². The first-order chi connectivity index (χ1) is 10.2. The van der Waals surface area contributed by atoms with Crippen LogP contribution < -0.4 is 0 Å². The fourth-order valence-electron chi connectivity index (χ4n) is 2.76. The van der Waals surface area contributed by atoms with Crippen LogP contribution in [0.15, 0.2) is 48.5 Å². The fourth-order valence-corrected chi connectivity index (χ4v) is 2.89. The smallest absolute Gasteiger partial charge is 0.200 e. The molecule has 1 aliphatic heterocycles. The first kappa shape index (κ1) is 14.3. The molecule has 21 heavy (non-hydrogen) atoms. The number of hydrogen-bond donors (Lipinski definition) is 0. The normalized spacial score (nSPS) is 23.8. The number of methoxy groups -OCH3 is 1. The molecule has 2 atom stereocenters. The highest BCUT2D eigenvalue weighted by Gasteiger charge is 2.45. The van der Waals surface area contributed by atoms with Crippen LogP contribution in [-0.4, -0.2) is 13.4 Å². The Kier molecular flexibility index (Phi) is 3.81. The molecule has 2 aromatic carbocycles. The number of carbonyl (C=O) groups excluding carboxylic acids is 1. The van der Waals surface area contributed by atoms with Crippen molar-refractivity contribution in [1.29, 1.82) is 0 Å². The van der Waals surface area contributed by atoms with Crippen molar-refractivity contribution in [3.63, 3.8) is 0 Å². The van der Waals surface area contributed by atoms with E-state index < -0.39 is 11.9 Å². The maximum absolute atomic E-state index is 11.3. The minimum absolute atomic E-state index is 0.516. The van der Waals surface area contributed by atoms with Gasteiger partial charge in [-0.05, 0) is 23.3 Å². The quantitative estimate of drug-likeness (QED) is 0.809. The molecule has 0 radical (unpaired) electrons. The van der Waals surface area contributed by atoms with E-state index in [0.717, 1.165) is 23.0 Å². The van der Waals surface area contributed by atoms with E-state index in [2.05, 4.69) is 0 Å². The third-order valence-corrected chi connectivity index (χ3v) is 4.05. The van der Waals surface area contributed by atoms with E-state index in [9.17, 15) is 4.79 Å². The highest BCUT2D eigenvalue weighted by Crippen LogP contribution is 2.45. The first-order valence-corrected chi connectivity index (χ1v) is 7.08. The minimum Gasteiger partial charge on any atom is -0.349 e. The van der Waals surface area contributed by atoms with E-state index in [0.29, 0.717) is 11.4 Å². The fraction of sp³-hybridized carbons (Fsp3) is 0.235. The summed E-state index contributed by atoms with van der Waals surface area (Å²) >= 11 is 5.91. The average molecular weight is 303 g/mol. The van der Waals surface area contributed by atoms with Crippen LogP contribution in [0.1, 0.15) is 22.8 Å². The average Bonchev–Trinajstić information content (AvgIpc) is 2.84. The second kappa shape index (κ2) is 5.60. The summed E-state index contributed by atoms with van der Waals surface area (Å²) in [5.41, 5.74) is 2.80. The Hall–Kier alpha value is -1.68. The number of hydrogen-bond acceptors (Lipinski definition) is 3. The second-order valence-corrected chi connectivity index (χ2v) is 5.46. The van der Waals surface area contributed by atoms with Crippen molar-refractivity contribution in [3.8, 4) is 0 Å². The Balaban J connectivity index is 2.01. The lowest BCUT2D eigenvalue weighted by atomic mass is 9.95. The number of benzene rings is 2. The van der Waals surface area contributed by atoms with Crippen LogP contribution in [0, 0.1) is 0 Å². The standard InChI is InChI=1S/C17H15ClO3/c1-20-17(10-12-6-8-13(18)9-7-12)15-5-3-2-4-14(15)16(11-19)21-17/h2-9,11,16H,10H2,1H3. The number of halogens is 1. The second-order valence-electron chi connectivity index (χ2n) is 5.02. The number of aldehydes is 1. The van der Waals surface area contributed by atoms with Crippen LogP contribution in [-0.2, 0) is 26.5 Å². The lowest BCUT2D eigenvalue weighted by Crippen LogP contribution is -2.31. The van der Waals surface area contributed by atoms with Crippen LogP contribution in [0.25, 0.3) is 0 Å². The molecule has 108 valence electrons. The molecule has 3 nitrogen and oxygen atoms in total. The van der Waals surface area contributed by atoms with Crippen molar-refractivity contribution in [2.24, 2.45) is 0 Å². The van der Waals surface area contributed by atoms with Crippen LogP contribution in [0.5, 0.6) is 0 Å². The predicted octanol–water partition coefficient (Wildman–Crippen LogP) is 3.65. The van der Waals surface area contributed by atoms with E-state index in [1.54, 1.807) is 7.11 Å². The molecule has 4 heteroatoms. The molecule has 0 N–H and O–H groups in total. The Bertz CT molecular complexity index is 653. The Morgan fingerprint density at radius 1 is 1.24 bits per heavy atom. The van der Waals surface area contributed by atoms with Crippen LogP contribution in [0.2, 0.25) is 5.02 Å². The molecule has 2 aromatic rings. The zero-order valence-corrected chi connectivity index (χ0v) is 12.3. The van der Waals surface area contributed by atoms with Gasteiger partial charge in [0.25, 0.3) is 0 Å². The highest BCUT2D eigenvalue weighted by molar-refractivity contribution is 6.30. The Morgan fingerprint density at radius 2 is 1.95 bits per heavy atom. The summed E-state index contributed by atoms with van der Waals surface area (Å²) < 4.78 is 11.6. The van der Waals surface area contributed by atoms with Crippen molar-refractivity contribution < 1.29 is 14.3 Å². The zero-order chi connectivity index (χ0) is 14.9. The van der Waals surface area contributed by atoms with Gasteiger partial charge in [-0.25, -0.2) is 0 Å². The first-order valence-electron chi connectivity index (χ1n) is 6.70. The molecule has 0 saturated carbocycles. The summed E-state index contributed by atoms with van der Waals surface area (Å²) in [5.74, 6) is -0.935. The zero-order valence-electron chi connectivity index (χ0n) is 11.6. The molecule has 2 unspecified atom stereocenters. The lowest BCUT2D eigenvalue weighted by Gasteiger charge is -2.28. The van der Waals surface area contributed by atoms with Crippen LogP contribution in [0.4, 0.5) is 0 Å². The van der Waals surface area contributed by atoms with Gasteiger partial charge in [-0.1, -0.05) is 48.0 Å². The maximum Gasteiger partial charge on any atom is 0.200 e. The summed E-state index contributed by atoms with van der Waals surface area (Å²) in [6.45, 7) is 0. The van der Waals surface area contributed by atoms with Gasteiger partial charge in [0.2, 0.25) is 0 Å². The van der Waals surface area contributed by atoms with Gasteiger partial charge in [-0.15, -0.1) is 0 Å². The van der Waals surface area contributed by atoms with Gasteiger partial charge in [0.05, 0.1) is 0 Å². The molecule has 0 amide bonds. The van der Waals surface area contributed by atoms with Gasteiger partial charge in [0.15, 0.2) is 12.1 Å². The van der Waals surface area contributed by atoms with Gasteiger partial charge < -0.3 is 14.3 Å². The summed E-state index contributed by atoms with van der Waals surface area (Å²) in [6, 6.07) is 15.2. The summed E-state index contributed by atoms with van der Waals surface area (Å²) in [7, 11) is 1.60. The molecule has 0 fully saturated rings. The number of rotatable bonds is 4. The molecule has 0 spiro atoms. The number of fused-ring (bicyclic) bond motifs is 1. The summed E-state index contributed by atoms with van der Waals surface area (Å²) in [6.07, 6.45) is 0.734. The molecule has 1 aliphatic rings. The monoisotopic (exact) mass is 302 g/mol. The third-order valence-electron chi connectivity index (χ3n) is 3.80. The van der Waals surface area contributed by atoms with Gasteiger partial charge >= 0.3 is 0 Å².